The van der Waals surface area contributed by atoms with Gasteiger partial charge in [0, 0.05) is 0 Å². The average molecular weight is 235 g/mol. The van der Waals surface area contributed by atoms with Crippen molar-refractivity contribution in [2.24, 2.45) is 0 Å². The molecule has 0 bridgehead atoms. The van der Waals surface area contributed by atoms with Crippen LogP contribution >= 0.6 is 0 Å². The van der Waals surface area contributed by atoms with Crippen LogP contribution in [-0.2, 0) is 4.79 Å². The van der Waals surface area contributed by atoms with Crippen LogP contribution in [0, 0.1) is 0 Å². The van der Waals surface area contributed by atoms with Gasteiger partial charge in [0.15, 0.2) is 6.04 Å². The van der Waals surface area contributed by atoms with E-state index in [0.29, 0.717) is 0 Å². The van der Waals surface area contributed by atoms with Crippen LogP contribution in [-0.4, -0.2) is 30.1 Å². The Morgan fingerprint density at radius 3 is 2.13 bits per heavy atom. The molecule has 1 heterocycles. The number of hydrogen-bond donors (Lipinski definition) is 2. The van der Waals surface area contributed by atoms with Crippen molar-refractivity contribution in [1.82, 2.24) is 5.32 Å². The Morgan fingerprint density at radius 1 is 1.20 bits per heavy atom. The molecule has 3 nitrogen and oxygen atoms in total. The van der Waals surface area contributed by atoms with Crippen molar-refractivity contribution in [3.63, 3.8) is 0 Å². The van der Waals surface area contributed by atoms with Crippen LogP contribution in [0.3, 0.4) is 0 Å². The molecule has 1 atom stereocenters. The van der Waals surface area contributed by atoms with E-state index < -0.39 is 36.6 Å². The second-order valence-electron chi connectivity index (χ2n) is 2.86. The van der Waals surface area contributed by atoms with Crippen molar-refractivity contribution in [2.75, 3.05) is 0 Å². The van der Waals surface area contributed by atoms with E-state index in [9.17, 15) is 31.1 Å². The fourth-order valence-electron chi connectivity index (χ4n) is 0.987. The molecule has 1 unspecified atom stereocenters. The van der Waals surface area contributed by atoms with Crippen LogP contribution in [0.2, 0.25) is 0 Å². The number of rotatable bonds is 0. The van der Waals surface area contributed by atoms with Crippen molar-refractivity contribution in [1.29, 1.82) is 0 Å². The highest BCUT2D eigenvalue weighted by Gasteiger charge is 2.52. The SMILES string of the molecule is O=C1CC(C(F)(F)F)[NH+]=C(C(F)(F)F)N1. The molecule has 2 N–H and O–H groups in total. The summed E-state index contributed by atoms with van der Waals surface area (Å²) in [5.74, 6) is -3.09. The average Bonchev–Trinajstić information content (AvgIpc) is 1.99. The van der Waals surface area contributed by atoms with Crippen LogP contribution in [0.1, 0.15) is 6.42 Å². The first-order valence-electron chi connectivity index (χ1n) is 3.68. The Labute approximate surface area is 79.2 Å². The number of alkyl halides is 6. The number of amides is 1. The first-order chi connectivity index (χ1) is 6.60. The second-order valence-corrected chi connectivity index (χ2v) is 2.86. The predicted molar refractivity (Wildman–Crippen MR) is 34.6 cm³/mol. The van der Waals surface area contributed by atoms with Gasteiger partial charge in [-0.1, -0.05) is 0 Å². The van der Waals surface area contributed by atoms with Crippen molar-refractivity contribution in [3.05, 3.63) is 0 Å². The third kappa shape index (κ3) is 2.83. The summed E-state index contributed by atoms with van der Waals surface area (Å²) in [5, 5.41) is 1.30. The third-order valence-electron chi connectivity index (χ3n) is 1.65. The summed E-state index contributed by atoms with van der Waals surface area (Å²) in [6.45, 7) is 0. The van der Waals surface area contributed by atoms with Crippen LogP contribution in [0.25, 0.3) is 0 Å². The van der Waals surface area contributed by atoms with Gasteiger partial charge in [0.2, 0.25) is 0 Å². The van der Waals surface area contributed by atoms with Crippen molar-refractivity contribution in [3.8, 4) is 0 Å². The molecule has 0 aromatic heterocycles. The monoisotopic (exact) mass is 235 g/mol. The maximum absolute atomic E-state index is 12.1. The summed E-state index contributed by atoms with van der Waals surface area (Å²) >= 11 is 0. The second kappa shape index (κ2) is 3.38. The van der Waals surface area contributed by atoms with Crippen LogP contribution in [0.15, 0.2) is 0 Å². The number of halogens is 6. The molecule has 1 amide bonds. The summed E-state index contributed by atoms with van der Waals surface area (Å²) in [5.41, 5.74) is 0. The van der Waals surface area contributed by atoms with Crippen LogP contribution in [0.4, 0.5) is 26.3 Å². The highest BCUT2D eigenvalue weighted by molar-refractivity contribution is 5.99. The van der Waals surface area contributed by atoms with Gasteiger partial charge in [0.05, 0.1) is 6.42 Å². The van der Waals surface area contributed by atoms with Crippen LogP contribution in [0.5, 0.6) is 0 Å². The standard InChI is InChI=1S/C6H4F6N2O/c7-5(8,9)2-1-3(15)14-4(13-2)6(10,11)12/h2H,1H2,(H,13,14,15)/p+1. The molecular weight excluding hydrogens is 230 g/mol. The van der Waals surface area contributed by atoms with E-state index in [-0.39, 0.29) is 0 Å². The molecule has 86 valence electrons. The first kappa shape index (κ1) is 11.8. The normalized spacial score (nSPS) is 23.5. The highest BCUT2D eigenvalue weighted by atomic mass is 19.4. The van der Waals surface area contributed by atoms with Crippen LogP contribution < -0.4 is 10.3 Å². The lowest BCUT2D eigenvalue weighted by atomic mass is 10.1. The zero-order chi connectivity index (χ0) is 11.9. The molecule has 0 spiro atoms. The van der Waals surface area contributed by atoms with Gasteiger partial charge in [-0.05, 0) is 0 Å². The molecule has 0 radical (unpaired) electrons. The maximum atomic E-state index is 12.1. The molecule has 0 fully saturated rings. The molecule has 15 heavy (non-hydrogen) atoms. The maximum Gasteiger partial charge on any atom is 0.494 e. The number of carbonyl (C=O) groups excluding carboxylic acids is 1. The van der Waals surface area contributed by atoms with Gasteiger partial charge < -0.3 is 0 Å². The number of carbonyl (C=O) groups is 1. The van der Waals surface area contributed by atoms with Gasteiger partial charge in [-0.2, -0.15) is 26.3 Å². The fraction of sp³-hybridized carbons (Fsp3) is 0.667. The highest BCUT2D eigenvalue weighted by Crippen LogP contribution is 2.21. The topological polar surface area (TPSA) is 43.1 Å². The number of nitrogens with one attached hydrogen (secondary N) is 2. The zero-order valence-electron chi connectivity index (χ0n) is 6.96. The summed E-state index contributed by atoms with van der Waals surface area (Å²) < 4.78 is 72.1. The van der Waals surface area contributed by atoms with Gasteiger partial charge in [-0.25, -0.2) is 10.1 Å². The Balaban J connectivity index is 2.99. The minimum atomic E-state index is -5.03. The molecule has 0 aromatic carbocycles. The Hall–Kier alpha value is -1.28. The summed E-state index contributed by atoms with van der Waals surface area (Å²) in [6.07, 6.45) is -11.0. The van der Waals surface area contributed by atoms with Gasteiger partial charge in [0.25, 0.3) is 0 Å². The minimum Gasteiger partial charge on any atom is -0.257 e. The number of amidine groups is 1. The molecule has 1 aliphatic rings. The molecule has 0 aromatic rings. The molecule has 1 aliphatic heterocycles. The predicted octanol–water partition coefficient (Wildman–Crippen LogP) is -0.521. The molecule has 0 aliphatic carbocycles. The molecule has 9 heteroatoms. The lowest BCUT2D eigenvalue weighted by Crippen LogP contribution is -2.91. The minimum absolute atomic E-state index is 1.07. The third-order valence-corrected chi connectivity index (χ3v) is 1.65. The molecule has 0 saturated heterocycles. The smallest absolute Gasteiger partial charge is 0.257 e. The van der Waals surface area contributed by atoms with E-state index in [1.807, 2.05) is 0 Å². The number of hydrogen-bond acceptors (Lipinski definition) is 1. The first-order valence-corrected chi connectivity index (χ1v) is 3.68. The summed E-state index contributed by atoms with van der Waals surface area (Å²) in [7, 11) is 0. The fourth-order valence-corrected chi connectivity index (χ4v) is 0.987. The summed E-state index contributed by atoms with van der Waals surface area (Å²) in [4.78, 5) is 11.8. The van der Waals surface area contributed by atoms with E-state index in [0.717, 1.165) is 0 Å². The zero-order valence-corrected chi connectivity index (χ0v) is 6.96. The van der Waals surface area contributed by atoms with E-state index in [2.05, 4.69) is 0 Å². The largest absolute Gasteiger partial charge is 0.494 e. The Morgan fingerprint density at radius 2 is 1.73 bits per heavy atom. The van der Waals surface area contributed by atoms with E-state index in [1.165, 1.54) is 10.3 Å². The molecule has 0 saturated carbocycles. The molecule has 1 rings (SSSR count). The van der Waals surface area contributed by atoms with Gasteiger partial charge in [0.1, 0.15) is 0 Å². The van der Waals surface area contributed by atoms with Crippen molar-refractivity contribution in [2.45, 2.75) is 24.8 Å². The van der Waals surface area contributed by atoms with Gasteiger partial charge >= 0.3 is 24.1 Å². The van der Waals surface area contributed by atoms with Gasteiger partial charge in [-0.15, -0.1) is 0 Å². The van der Waals surface area contributed by atoms with Gasteiger partial charge in [-0.3, -0.25) is 4.99 Å². The quantitative estimate of drug-likeness (QED) is 0.545. The lowest BCUT2D eigenvalue weighted by Gasteiger charge is -2.18. The molecular formula is C6H5F6N2O+. The van der Waals surface area contributed by atoms with Crippen molar-refractivity contribution < 1.29 is 36.1 Å². The van der Waals surface area contributed by atoms with E-state index in [1.54, 1.807) is 0 Å². The lowest BCUT2D eigenvalue weighted by molar-refractivity contribution is -0.557. The van der Waals surface area contributed by atoms with Crippen molar-refractivity contribution >= 4 is 11.7 Å². The Kier molecular flexibility index (Phi) is 2.66. The van der Waals surface area contributed by atoms with E-state index >= 15 is 0 Å². The Bertz CT molecular complexity index is 304. The van der Waals surface area contributed by atoms with E-state index in [4.69, 9.17) is 0 Å². The summed E-state index contributed by atoms with van der Waals surface area (Å²) in [6, 6.07) is -2.50.